The number of anilines is 1. The Balaban J connectivity index is 1.51. The molecule has 1 aliphatic carbocycles. The van der Waals surface area contributed by atoms with E-state index in [1.54, 1.807) is 0 Å². The SMILES string of the molecule is O=C(NC(Cc1ccccc1)c1nnc(N2CCCCCC2)o1)C1CCCC1. The minimum absolute atomic E-state index is 0.117. The quantitative estimate of drug-likeness (QED) is 0.816. The van der Waals surface area contributed by atoms with Gasteiger partial charge in [0.2, 0.25) is 11.8 Å². The lowest BCUT2D eigenvalue weighted by atomic mass is 10.0. The van der Waals surface area contributed by atoms with Crippen LogP contribution in [0.2, 0.25) is 0 Å². The Morgan fingerprint density at radius 1 is 1.04 bits per heavy atom. The summed E-state index contributed by atoms with van der Waals surface area (Å²) in [7, 11) is 0. The standard InChI is InChI=1S/C22H30N4O2/c27-20(18-12-6-7-13-18)23-19(16-17-10-4-3-5-11-17)21-24-25-22(28-21)26-14-8-1-2-9-15-26/h3-5,10-11,18-19H,1-2,6-9,12-16H2,(H,23,27). The molecule has 1 saturated carbocycles. The molecule has 1 unspecified atom stereocenters. The fourth-order valence-corrected chi connectivity index (χ4v) is 4.28. The molecule has 2 aliphatic rings. The number of aromatic nitrogens is 2. The van der Waals surface area contributed by atoms with Crippen molar-refractivity contribution in [2.45, 2.75) is 63.8 Å². The molecule has 2 heterocycles. The van der Waals surface area contributed by atoms with Crippen LogP contribution in [0.1, 0.15) is 68.9 Å². The normalized spacial score (nSPS) is 19.4. The van der Waals surface area contributed by atoms with Gasteiger partial charge in [0.1, 0.15) is 6.04 Å². The molecule has 1 aromatic heterocycles. The van der Waals surface area contributed by atoms with Gasteiger partial charge in [-0.25, -0.2) is 0 Å². The first-order valence-electron chi connectivity index (χ1n) is 10.7. The van der Waals surface area contributed by atoms with Crippen molar-refractivity contribution in [2.24, 2.45) is 5.92 Å². The molecule has 1 atom stereocenters. The van der Waals surface area contributed by atoms with Crippen molar-refractivity contribution >= 4 is 11.9 Å². The number of benzene rings is 1. The maximum atomic E-state index is 12.8. The monoisotopic (exact) mass is 382 g/mol. The molecule has 1 aromatic carbocycles. The lowest BCUT2D eigenvalue weighted by Crippen LogP contribution is -2.34. The summed E-state index contributed by atoms with van der Waals surface area (Å²) in [6, 6.07) is 10.5. The summed E-state index contributed by atoms with van der Waals surface area (Å²) >= 11 is 0. The van der Waals surface area contributed by atoms with Crippen LogP contribution in [0.3, 0.4) is 0 Å². The van der Waals surface area contributed by atoms with Crippen LogP contribution in [0.15, 0.2) is 34.7 Å². The van der Waals surface area contributed by atoms with E-state index in [4.69, 9.17) is 4.42 Å². The highest BCUT2D eigenvalue weighted by atomic mass is 16.4. The van der Waals surface area contributed by atoms with Gasteiger partial charge >= 0.3 is 6.01 Å². The topological polar surface area (TPSA) is 71.3 Å². The molecule has 6 heteroatoms. The predicted octanol–water partition coefficient (Wildman–Crippen LogP) is 4.04. The molecule has 1 N–H and O–H groups in total. The summed E-state index contributed by atoms with van der Waals surface area (Å²) < 4.78 is 6.07. The largest absolute Gasteiger partial charge is 0.406 e. The van der Waals surface area contributed by atoms with Gasteiger partial charge in [0.05, 0.1) is 0 Å². The van der Waals surface area contributed by atoms with E-state index in [0.717, 1.165) is 57.2 Å². The Bertz CT molecular complexity index is 747. The lowest BCUT2D eigenvalue weighted by molar-refractivity contribution is -0.125. The van der Waals surface area contributed by atoms with E-state index in [-0.39, 0.29) is 17.9 Å². The smallest absolute Gasteiger partial charge is 0.318 e. The van der Waals surface area contributed by atoms with Crippen molar-refractivity contribution in [3.05, 3.63) is 41.8 Å². The van der Waals surface area contributed by atoms with E-state index in [0.29, 0.717) is 18.3 Å². The second-order valence-electron chi connectivity index (χ2n) is 8.06. The van der Waals surface area contributed by atoms with Crippen LogP contribution in [-0.4, -0.2) is 29.2 Å². The maximum Gasteiger partial charge on any atom is 0.318 e. The van der Waals surface area contributed by atoms with Gasteiger partial charge in [0, 0.05) is 25.4 Å². The highest BCUT2D eigenvalue weighted by Gasteiger charge is 2.28. The van der Waals surface area contributed by atoms with Crippen LogP contribution in [0.25, 0.3) is 0 Å². The average Bonchev–Trinajstić information content (AvgIpc) is 3.36. The van der Waals surface area contributed by atoms with E-state index in [1.807, 2.05) is 18.2 Å². The summed E-state index contributed by atoms with van der Waals surface area (Å²) in [6.07, 6.45) is 9.72. The number of nitrogens with zero attached hydrogens (tertiary/aromatic N) is 3. The van der Waals surface area contributed by atoms with Crippen molar-refractivity contribution in [3.8, 4) is 0 Å². The zero-order valence-corrected chi connectivity index (χ0v) is 16.5. The van der Waals surface area contributed by atoms with Gasteiger partial charge < -0.3 is 14.6 Å². The first-order valence-corrected chi connectivity index (χ1v) is 10.7. The van der Waals surface area contributed by atoms with E-state index >= 15 is 0 Å². The van der Waals surface area contributed by atoms with E-state index in [9.17, 15) is 4.79 Å². The van der Waals surface area contributed by atoms with Gasteiger partial charge in [0.15, 0.2) is 0 Å². The molecular weight excluding hydrogens is 352 g/mol. The van der Waals surface area contributed by atoms with E-state index < -0.39 is 0 Å². The molecule has 28 heavy (non-hydrogen) atoms. The molecule has 2 aromatic rings. The number of hydrogen-bond donors (Lipinski definition) is 1. The van der Waals surface area contributed by atoms with Crippen LogP contribution in [0, 0.1) is 5.92 Å². The van der Waals surface area contributed by atoms with Gasteiger partial charge in [-0.1, -0.05) is 61.1 Å². The predicted molar refractivity (Wildman–Crippen MR) is 108 cm³/mol. The molecule has 1 aliphatic heterocycles. The van der Waals surface area contributed by atoms with Crippen LogP contribution in [0.4, 0.5) is 6.01 Å². The Labute approximate surface area is 166 Å². The Kier molecular flexibility index (Phi) is 6.24. The van der Waals surface area contributed by atoms with Crippen LogP contribution in [-0.2, 0) is 11.2 Å². The van der Waals surface area contributed by atoms with Crippen molar-refractivity contribution in [2.75, 3.05) is 18.0 Å². The maximum absolute atomic E-state index is 12.8. The number of carbonyl (C=O) groups is 1. The Hall–Kier alpha value is -2.37. The molecule has 0 radical (unpaired) electrons. The summed E-state index contributed by atoms with van der Waals surface area (Å²) in [5.74, 6) is 0.744. The minimum atomic E-state index is -0.288. The van der Waals surface area contributed by atoms with Gasteiger partial charge in [-0.05, 0) is 31.2 Å². The molecule has 1 amide bonds. The Morgan fingerprint density at radius 2 is 1.75 bits per heavy atom. The van der Waals surface area contributed by atoms with Gasteiger partial charge in [-0.3, -0.25) is 4.79 Å². The summed E-state index contributed by atoms with van der Waals surface area (Å²) in [5, 5.41) is 11.8. The number of amides is 1. The molecule has 6 nitrogen and oxygen atoms in total. The highest BCUT2D eigenvalue weighted by Crippen LogP contribution is 2.27. The minimum Gasteiger partial charge on any atom is -0.406 e. The molecule has 2 fully saturated rings. The van der Waals surface area contributed by atoms with Crippen LogP contribution < -0.4 is 10.2 Å². The third-order valence-electron chi connectivity index (χ3n) is 5.93. The lowest BCUT2D eigenvalue weighted by Gasteiger charge is -2.19. The van der Waals surface area contributed by atoms with E-state index in [1.165, 1.54) is 12.8 Å². The molecule has 0 bridgehead atoms. The van der Waals surface area contributed by atoms with Crippen LogP contribution in [0.5, 0.6) is 0 Å². The zero-order valence-electron chi connectivity index (χ0n) is 16.5. The van der Waals surface area contributed by atoms with Crippen LogP contribution >= 0.6 is 0 Å². The summed E-state index contributed by atoms with van der Waals surface area (Å²) in [4.78, 5) is 14.9. The van der Waals surface area contributed by atoms with Crippen molar-refractivity contribution < 1.29 is 9.21 Å². The van der Waals surface area contributed by atoms with Crippen molar-refractivity contribution in [1.82, 2.24) is 15.5 Å². The van der Waals surface area contributed by atoms with Crippen molar-refractivity contribution in [1.29, 1.82) is 0 Å². The van der Waals surface area contributed by atoms with E-state index in [2.05, 4.69) is 32.5 Å². The fraction of sp³-hybridized carbons (Fsp3) is 0.591. The number of hydrogen-bond acceptors (Lipinski definition) is 5. The number of nitrogens with one attached hydrogen (secondary N) is 1. The van der Waals surface area contributed by atoms with Gasteiger partial charge in [-0.15, -0.1) is 5.10 Å². The summed E-state index contributed by atoms with van der Waals surface area (Å²) in [5.41, 5.74) is 1.15. The molecule has 4 rings (SSSR count). The number of rotatable bonds is 6. The highest BCUT2D eigenvalue weighted by molar-refractivity contribution is 5.79. The average molecular weight is 383 g/mol. The second-order valence-corrected chi connectivity index (χ2v) is 8.06. The first kappa shape index (κ1) is 19.0. The van der Waals surface area contributed by atoms with Gasteiger partial charge in [0.25, 0.3) is 0 Å². The first-order chi connectivity index (χ1) is 13.8. The third-order valence-corrected chi connectivity index (χ3v) is 5.93. The Morgan fingerprint density at radius 3 is 2.46 bits per heavy atom. The fourth-order valence-electron chi connectivity index (χ4n) is 4.28. The molecule has 0 spiro atoms. The zero-order chi connectivity index (χ0) is 19.2. The second kappa shape index (κ2) is 9.22. The molecular formula is C22H30N4O2. The third kappa shape index (κ3) is 4.72. The summed E-state index contributed by atoms with van der Waals surface area (Å²) in [6.45, 7) is 1.92. The van der Waals surface area contributed by atoms with Crippen molar-refractivity contribution in [3.63, 3.8) is 0 Å². The number of carbonyl (C=O) groups excluding carboxylic acids is 1. The van der Waals surface area contributed by atoms with Gasteiger partial charge in [-0.2, -0.15) is 0 Å². The molecule has 1 saturated heterocycles. The molecule has 150 valence electrons.